The average Bonchev–Trinajstić information content (AvgIpc) is 2.28. The SMILES string of the molecule is CCOc1cccc(OCCCC(F)(F)F)c1N. The van der Waals surface area contributed by atoms with Gasteiger partial charge < -0.3 is 15.2 Å². The third-order valence-corrected chi connectivity index (χ3v) is 2.19. The van der Waals surface area contributed by atoms with E-state index >= 15 is 0 Å². The van der Waals surface area contributed by atoms with Gasteiger partial charge in [-0.3, -0.25) is 0 Å². The van der Waals surface area contributed by atoms with Gasteiger partial charge in [-0.05, 0) is 25.5 Å². The topological polar surface area (TPSA) is 44.5 Å². The number of hydrogen-bond donors (Lipinski definition) is 1. The molecule has 0 saturated carbocycles. The zero-order valence-electron chi connectivity index (χ0n) is 10.1. The van der Waals surface area contributed by atoms with Gasteiger partial charge in [0.25, 0.3) is 0 Å². The van der Waals surface area contributed by atoms with Gasteiger partial charge in [0, 0.05) is 6.42 Å². The van der Waals surface area contributed by atoms with Crippen molar-refractivity contribution in [3.05, 3.63) is 18.2 Å². The molecule has 0 aromatic heterocycles. The fourth-order valence-corrected chi connectivity index (χ4v) is 1.39. The maximum Gasteiger partial charge on any atom is 0.389 e. The summed E-state index contributed by atoms with van der Waals surface area (Å²) in [5.41, 5.74) is 6.08. The van der Waals surface area contributed by atoms with Crippen LogP contribution in [0.4, 0.5) is 18.9 Å². The summed E-state index contributed by atoms with van der Waals surface area (Å²) in [4.78, 5) is 0. The molecule has 0 aliphatic carbocycles. The molecule has 0 spiro atoms. The van der Waals surface area contributed by atoms with Crippen LogP contribution in [-0.2, 0) is 0 Å². The van der Waals surface area contributed by atoms with Gasteiger partial charge in [0.2, 0.25) is 0 Å². The number of ether oxygens (including phenoxy) is 2. The summed E-state index contributed by atoms with van der Waals surface area (Å²) in [7, 11) is 0. The normalized spacial score (nSPS) is 11.3. The lowest BCUT2D eigenvalue weighted by molar-refractivity contribution is -0.136. The van der Waals surface area contributed by atoms with Crippen molar-refractivity contribution in [3.8, 4) is 11.5 Å². The number of nitrogen functional groups attached to an aromatic ring is 1. The molecule has 1 rings (SSSR count). The molecule has 2 N–H and O–H groups in total. The molecule has 3 nitrogen and oxygen atoms in total. The Labute approximate surface area is 104 Å². The second-order valence-corrected chi connectivity index (χ2v) is 3.67. The Morgan fingerprint density at radius 3 is 2.33 bits per heavy atom. The standard InChI is InChI=1S/C12H16F3NO2/c1-2-17-9-5-3-6-10(11(9)16)18-8-4-7-12(13,14)15/h3,5-6H,2,4,7-8,16H2,1H3. The highest BCUT2D eigenvalue weighted by molar-refractivity contribution is 5.62. The lowest BCUT2D eigenvalue weighted by Gasteiger charge is -2.12. The van der Waals surface area contributed by atoms with Gasteiger partial charge in [0.05, 0.1) is 13.2 Å². The molecule has 0 radical (unpaired) electrons. The molecule has 0 unspecified atom stereocenters. The molecule has 18 heavy (non-hydrogen) atoms. The Morgan fingerprint density at radius 1 is 1.17 bits per heavy atom. The molecule has 0 amide bonds. The molecule has 1 aromatic carbocycles. The first-order chi connectivity index (χ1) is 8.44. The summed E-state index contributed by atoms with van der Waals surface area (Å²) in [5.74, 6) is 0.828. The Morgan fingerprint density at radius 2 is 1.78 bits per heavy atom. The van der Waals surface area contributed by atoms with Crippen molar-refractivity contribution in [2.24, 2.45) is 0 Å². The summed E-state index contributed by atoms with van der Waals surface area (Å²) < 4.78 is 46.2. The van der Waals surface area contributed by atoms with Crippen LogP contribution in [0.15, 0.2) is 18.2 Å². The Hall–Kier alpha value is -1.59. The largest absolute Gasteiger partial charge is 0.492 e. The van der Waals surface area contributed by atoms with Gasteiger partial charge in [-0.25, -0.2) is 0 Å². The molecule has 0 bridgehead atoms. The van der Waals surface area contributed by atoms with E-state index in [4.69, 9.17) is 15.2 Å². The molecule has 0 aliphatic rings. The number of alkyl halides is 3. The molecule has 0 aliphatic heterocycles. The molecule has 0 saturated heterocycles. The van der Waals surface area contributed by atoms with Crippen molar-refractivity contribution in [1.29, 1.82) is 0 Å². The summed E-state index contributed by atoms with van der Waals surface area (Å²) in [6.45, 7) is 2.25. The number of nitrogens with two attached hydrogens (primary N) is 1. The van der Waals surface area contributed by atoms with E-state index in [2.05, 4.69) is 0 Å². The van der Waals surface area contributed by atoms with Crippen LogP contribution in [0.5, 0.6) is 11.5 Å². The highest BCUT2D eigenvalue weighted by Crippen LogP contribution is 2.31. The molecular formula is C12H16F3NO2. The second-order valence-electron chi connectivity index (χ2n) is 3.67. The van der Waals surface area contributed by atoms with Crippen LogP contribution < -0.4 is 15.2 Å². The first-order valence-electron chi connectivity index (χ1n) is 5.65. The lowest BCUT2D eigenvalue weighted by Crippen LogP contribution is -2.10. The molecule has 0 atom stereocenters. The molecule has 6 heteroatoms. The first kappa shape index (κ1) is 14.5. The average molecular weight is 263 g/mol. The van der Waals surface area contributed by atoms with Gasteiger partial charge in [-0.1, -0.05) is 6.07 Å². The fourth-order valence-electron chi connectivity index (χ4n) is 1.39. The van der Waals surface area contributed by atoms with Gasteiger partial charge in [0.1, 0.15) is 17.2 Å². The third-order valence-electron chi connectivity index (χ3n) is 2.19. The van der Waals surface area contributed by atoms with E-state index in [0.717, 1.165) is 0 Å². The highest BCUT2D eigenvalue weighted by Gasteiger charge is 2.26. The Bertz CT molecular complexity index is 380. The molecule has 1 aromatic rings. The van der Waals surface area contributed by atoms with Gasteiger partial charge in [-0.2, -0.15) is 13.2 Å². The maximum atomic E-state index is 11.9. The molecular weight excluding hydrogens is 247 g/mol. The number of halogens is 3. The number of hydrogen-bond acceptors (Lipinski definition) is 3. The number of benzene rings is 1. The Kier molecular flexibility index (Phi) is 5.12. The minimum atomic E-state index is -4.15. The predicted octanol–water partition coefficient (Wildman–Crippen LogP) is 3.39. The number of anilines is 1. The molecule has 102 valence electrons. The zero-order valence-corrected chi connectivity index (χ0v) is 10.1. The van der Waals surface area contributed by atoms with Crippen LogP contribution in [0.25, 0.3) is 0 Å². The van der Waals surface area contributed by atoms with E-state index in [1.54, 1.807) is 18.2 Å². The summed E-state index contributed by atoms with van der Waals surface area (Å²) in [6, 6.07) is 4.97. The van der Waals surface area contributed by atoms with Gasteiger partial charge in [0.15, 0.2) is 0 Å². The van der Waals surface area contributed by atoms with Crippen molar-refractivity contribution in [3.63, 3.8) is 0 Å². The van der Waals surface area contributed by atoms with Crippen molar-refractivity contribution in [1.82, 2.24) is 0 Å². The van der Waals surface area contributed by atoms with E-state index in [1.165, 1.54) is 0 Å². The quantitative estimate of drug-likeness (QED) is 0.632. The molecule has 0 heterocycles. The summed E-state index contributed by atoms with van der Waals surface area (Å²) >= 11 is 0. The predicted molar refractivity (Wildman–Crippen MR) is 62.8 cm³/mol. The zero-order chi connectivity index (χ0) is 13.6. The van der Waals surface area contributed by atoms with Crippen molar-refractivity contribution in [2.75, 3.05) is 18.9 Å². The smallest absolute Gasteiger partial charge is 0.389 e. The van der Waals surface area contributed by atoms with Crippen LogP contribution in [0, 0.1) is 0 Å². The second kappa shape index (κ2) is 6.37. The van der Waals surface area contributed by atoms with Gasteiger partial charge >= 0.3 is 6.18 Å². The van der Waals surface area contributed by atoms with Crippen LogP contribution in [0.1, 0.15) is 19.8 Å². The lowest BCUT2D eigenvalue weighted by atomic mass is 10.2. The minimum Gasteiger partial charge on any atom is -0.492 e. The van der Waals surface area contributed by atoms with E-state index in [9.17, 15) is 13.2 Å². The van der Waals surface area contributed by atoms with E-state index in [-0.39, 0.29) is 13.0 Å². The molecule has 0 fully saturated rings. The van der Waals surface area contributed by atoms with Crippen LogP contribution in [0.3, 0.4) is 0 Å². The summed E-state index contributed by atoms with van der Waals surface area (Å²) in [5, 5.41) is 0. The number of para-hydroxylation sites is 1. The van der Waals surface area contributed by atoms with E-state index in [1.807, 2.05) is 6.92 Å². The maximum absolute atomic E-state index is 11.9. The van der Waals surface area contributed by atoms with E-state index in [0.29, 0.717) is 23.8 Å². The van der Waals surface area contributed by atoms with Crippen molar-refractivity contribution in [2.45, 2.75) is 25.9 Å². The van der Waals surface area contributed by atoms with E-state index < -0.39 is 12.6 Å². The van der Waals surface area contributed by atoms with Crippen LogP contribution >= 0.6 is 0 Å². The Balaban J connectivity index is 2.50. The van der Waals surface area contributed by atoms with Crippen molar-refractivity contribution < 1.29 is 22.6 Å². The summed E-state index contributed by atoms with van der Waals surface area (Å²) in [6.07, 6.45) is -5.11. The third kappa shape index (κ3) is 4.73. The highest BCUT2D eigenvalue weighted by atomic mass is 19.4. The first-order valence-corrected chi connectivity index (χ1v) is 5.65. The number of rotatable bonds is 6. The van der Waals surface area contributed by atoms with Crippen LogP contribution in [0.2, 0.25) is 0 Å². The van der Waals surface area contributed by atoms with Crippen LogP contribution in [-0.4, -0.2) is 19.4 Å². The van der Waals surface area contributed by atoms with Crippen molar-refractivity contribution >= 4 is 5.69 Å². The minimum absolute atomic E-state index is 0.0285. The van der Waals surface area contributed by atoms with Gasteiger partial charge in [-0.15, -0.1) is 0 Å². The monoisotopic (exact) mass is 263 g/mol. The fraction of sp³-hybridized carbons (Fsp3) is 0.500.